The van der Waals surface area contributed by atoms with E-state index in [-0.39, 0.29) is 0 Å². The van der Waals surface area contributed by atoms with E-state index in [1.807, 2.05) is 0 Å². The lowest BCUT2D eigenvalue weighted by atomic mass is 9.85. The quantitative estimate of drug-likeness (QED) is 0.861. The molecule has 1 nitrogen and oxygen atoms in total. The van der Waals surface area contributed by atoms with Crippen LogP contribution in [0.25, 0.3) is 0 Å². The van der Waals surface area contributed by atoms with Crippen LogP contribution in [-0.2, 0) is 19.3 Å². The highest BCUT2D eigenvalue weighted by atomic mass is 79.9. The number of rotatable bonds is 4. The highest BCUT2D eigenvalue weighted by molar-refractivity contribution is 9.10. The monoisotopic (exact) mass is 343 g/mol. The average Bonchev–Trinajstić information content (AvgIpc) is 2.52. The Kier molecular flexibility index (Phi) is 4.77. The third-order valence-corrected chi connectivity index (χ3v) is 4.99. The number of halogens is 1. The smallest absolute Gasteiger partial charge is 0.0177 e. The van der Waals surface area contributed by atoms with Crippen LogP contribution in [0.4, 0.5) is 0 Å². The first-order valence-corrected chi connectivity index (χ1v) is 8.62. The van der Waals surface area contributed by atoms with E-state index in [2.05, 4.69) is 58.4 Å². The normalized spacial score (nSPS) is 15.5. The summed E-state index contributed by atoms with van der Waals surface area (Å²) in [5.41, 5.74) is 11.9. The Morgan fingerprint density at radius 1 is 1.00 bits per heavy atom. The maximum atomic E-state index is 6.06. The first kappa shape index (κ1) is 14.8. The molecule has 0 heterocycles. The Hall–Kier alpha value is -1.12. The van der Waals surface area contributed by atoms with E-state index < -0.39 is 0 Å². The molecule has 0 saturated carbocycles. The summed E-state index contributed by atoms with van der Waals surface area (Å²) < 4.78 is 1.14. The molecule has 0 amide bonds. The second kappa shape index (κ2) is 6.76. The number of hydrogen-bond acceptors (Lipinski definition) is 1. The van der Waals surface area contributed by atoms with Gasteiger partial charge < -0.3 is 5.73 Å². The van der Waals surface area contributed by atoms with Gasteiger partial charge >= 0.3 is 0 Å². The largest absolute Gasteiger partial charge is 0.330 e. The van der Waals surface area contributed by atoms with Crippen molar-refractivity contribution in [2.24, 2.45) is 5.73 Å². The molecule has 21 heavy (non-hydrogen) atoms. The zero-order valence-electron chi connectivity index (χ0n) is 12.3. The van der Waals surface area contributed by atoms with E-state index in [1.165, 1.54) is 36.8 Å². The molecular weight excluding hydrogens is 322 g/mol. The predicted octanol–water partition coefficient (Wildman–Crippen LogP) is 4.61. The zero-order chi connectivity index (χ0) is 14.7. The molecule has 1 unspecified atom stereocenters. The van der Waals surface area contributed by atoms with Crippen LogP contribution in [-0.4, -0.2) is 6.54 Å². The molecule has 0 bridgehead atoms. The maximum Gasteiger partial charge on any atom is 0.0177 e. The topological polar surface area (TPSA) is 26.0 Å². The zero-order valence-corrected chi connectivity index (χ0v) is 13.9. The van der Waals surface area contributed by atoms with Gasteiger partial charge in [-0.2, -0.15) is 0 Å². The van der Waals surface area contributed by atoms with Gasteiger partial charge in [0.25, 0.3) is 0 Å². The molecular formula is C19H22BrN. The second-order valence-electron chi connectivity index (χ2n) is 6.00. The molecule has 1 atom stereocenters. The Morgan fingerprint density at radius 3 is 2.57 bits per heavy atom. The lowest BCUT2D eigenvalue weighted by molar-refractivity contribution is 0.668. The number of aryl methyl sites for hydroxylation is 2. The minimum atomic E-state index is 0.409. The fourth-order valence-electron chi connectivity index (χ4n) is 3.29. The maximum absolute atomic E-state index is 6.06. The van der Waals surface area contributed by atoms with Crippen molar-refractivity contribution in [1.82, 2.24) is 0 Å². The van der Waals surface area contributed by atoms with Gasteiger partial charge in [-0.15, -0.1) is 0 Å². The number of hydrogen-bond donors (Lipinski definition) is 1. The van der Waals surface area contributed by atoms with Crippen molar-refractivity contribution in [2.45, 2.75) is 38.0 Å². The van der Waals surface area contributed by atoms with E-state index in [9.17, 15) is 0 Å². The molecule has 110 valence electrons. The summed E-state index contributed by atoms with van der Waals surface area (Å²) in [5, 5.41) is 0. The first-order chi connectivity index (χ1) is 10.3. The van der Waals surface area contributed by atoms with Crippen molar-refractivity contribution in [3.8, 4) is 0 Å². The number of nitrogens with two attached hydrogens (primary N) is 1. The lowest BCUT2D eigenvalue weighted by Gasteiger charge is -2.21. The molecule has 0 aliphatic heterocycles. The van der Waals surface area contributed by atoms with E-state index in [4.69, 9.17) is 5.73 Å². The SMILES string of the molecule is NCC(Cc1cccc(Br)c1)c1ccc2c(c1)CCCC2. The summed E-state index contributed by atoms with van der Waals surface area (Å²) in [6.45, 7) is 0.700. The van der Waals surface area contributed by atoms with Gasteiger partial charge in [0.05, 0.1) is 0 Å². The van der Waals surface area contributed by atoms with Crippen LogP contribution in [0.3, 0.4) is 0 Å². The van der Waals surface area contributed by atoms with Gasteiger partial charge in [0, 0.05) is 10.4 Å². The van der Waals surface area contributed by atoms with Crippen molar-refractivity contribution < 1.29 is 0 Å². The fraction of sp³-hybridized carbons (Fsp3) is 0.368. The molecule has 2 aromatic rings. The Morgan fingerprint density at radius 2 is 1.81 bits per heavy atom. The van der Waals surface area contributed by atoms with Crippen LogP contribution < -0.4 is 5.73 Å². The molecule has 0 radical (unpaired) electrons. The highest BCUT2D eigenvalue weighted by Crippen LogP contribution is 2.27. The van der Waals surface area contributed by atoms with Crippen LogP contribution in [0.15, 0.2) is 46.9 Å². The van der Waals surface area contributed by atoms with Crippen LogP contribution in [0.2, 0.25) is 0 Å². The predicted molar refractivity (Wildman–Crippen MR) is 92.7 cm³/mol. The van der Waals surface area contributed by atoms with E-state index >= 15 is 0 Å². The summed E-state index contributed by atoms with van der Waals surface area (Å²) in [6.07, 6.45) is 6.15. The molecule has 3 rings (SSSR count). The van der Waals surface area contributed by atoms with Crippen molar-refractivity contribution in [2.75, 3.05) is 6.54 Å². The van der Waals surface area contributed by atoms with Crippen LogP contribution in [0, 0.1) is 0 Å². The molecule has 2 aromatic carbocycles. The van der Waals surface area contributed by atoms with Crippen molar-refractivity contribution >= 4 is 15.9 Å². The van der Waals surface area contributed by atoms with E-state index in [1.54, 1.807) is 11.1 Å². The molecule has 0 aromatic heterocycles. The molecule has 0 spiro atoms. The van der Waals surface area contributed by atoms with Gasteiger partial charge in [0.2, 0.25) is 0 Å². The van der Waals surface area contributed by atoms with Gasteiger partial charge in [0.15, 0.2) is 0 Å². The van der Waals surface area contributed by atoms with Gasteiger partial charge in [0.1, 0.15) is 0 Å². The third kappa shape index (κ3) is 3.56. The minimum absolute atomic E-state index is 0.409. The Bertz CT molecular complexity index is 621. The van der Waals surface area contributed by atoms with Crippen LogP contribution in [0.1, 0.15) is 41.0 Å². The van der Waals surface area contributed by atoms with Gasteiger partial charge in [-0.1, -0.05) is 46.3 Å². The first-order valence-electron chi connectivity index (χ1n) is 7.82. The molecule has 0 saturated heterocycles. The summed E-state index contributed by atoms with van der Waals surface area (Å²) in [5.74, 6) is 0.409. The minimum Gasteiger partial charge on any atom is -0.330 e. The Labute approximate surface area is 135 Å². The van der Waals surface area contributed by atoms with E-state index in [0.717, 1.165) is 10.9 Å². The second-order valence-corrected chi connectivity index (χ2v) is 6.92. The van der Waals surface area contributed by atoms with E-state index in [0.29, 0.717) is 12.5 Å². The Balaban J connectivity index is 1.82. The molecule has 2 heteroatoms. The average molecular weight is 344 g/mol. The molecule has 1 aliphatic carbocycles. The molecule has 1 aliphatic rings. The lowest BCUT2D eigenvalue weighted by Crippen LogP contribution is -2.16. The van der Waals surface area contributed by atoms with Gasteiger partial charge in [-0.05, 0) is 73.0 Å². The van der Waals surface area contributed by atoms with Gasteiger partial charge in [-0.3, -0.25) is 0 Å². The van der Waals surface area contributed by atoms with Crippen molar-refractivity contribution in [3.63, 3.8) is 0 Å². The number of benzene rings is 2. The summed E-state index contributed by atoms with van der Waals surface area (Å²) >= 11 is 3.55. The molecule has 0 fully saturated rings. The standard InChI is InChI=1S/C19H22BrN/c20-19-7-3-4-14(11-19)10-18(13-21)17-9-8-15-5-1-2-6-16(15)12-17/h3-4,7-9,11-12,18H,1-2,5-6,10,13,21H2. The summed E-state index contributed by atoms with van der Waals surface area (Å²) in [7, 11) is 0. The third-order valence-electron chi connectivity index (χ3n) is 4.50. The summed E-state index contributed by atoms with van der Waals surface area (Å²) in [4.78, 5) is 0. The highest BCUT2D eigenvalue weighted by Gasteiger charge is 2.15. The van der Waals surface area contributed by atoms with Crippen LogP contribution in [0.5, 0.6) is 0 Å². The molecule has 2 N–H and O–H groups in total. The van der Waals surface area contributed by atoms with Crippen LogP contribution >= 0.6 is 15.9 Å². The summed E-state index contributed by atoms with van der Waals surface area (Å²) in [6, 6.07) is 15.6. The number of fused-ring (bicyclic) bond motifs is 1. The van der Waals surface area contributed by atoms with Crippen molar-refractivity contribution in [1.29, 1.82) is 0 Å². The van der Waals surface area contributed by atoms with Gasteiger partial charge in [-0.25, -0.2) is 0 Å². The van der Waals surface area contributed by atoms with Crippen molar-refractivity contribution in [3.05, 3.63) is 69.2 Å². The fourth-order valence-corrected chi connectivity index (χ4v) is 3.74.